The van der Waals surface area contributed by atoms with Gasteiger partial charge in [-0.3, -0.25) is 0 Å². The van der Waals surface area contributed by atoms with E-state index in [9.17, 15) is 0 Å². The molecule has 7 heteroatoms. The highest BCUT2D eigenvalue weighted by Gasteiger charge is 2.28. The number of hydrogen-bond acceptors (Lipinski definition) is 5. The largest absolute Gasteiger partial charge is 0.217 e. The number of tetrazole rings is 1. The third-order valence-corrected chi connectivity index (χ3v) is 4.07. The summed E-state index contributed by atoms with van der Waals surface area (Å²) in [7, 11) is 0. The van der Waals surface area contributed by atoms with Crippen molar-refractivity contribution in [1.29, 1.82) is 5.26 Å². The number of halogens is 1. The molecule has 0 amide bonds. The van der Waals surface area contributed by atoms with Gasteiger partial charge in [0.15, 0.2) is 0 Å². The normalized spacial score (nSPS) is 14.4. The Kier molecular flexibility index (Phi) is 2.94. The molecule has 1 fully saturated rings. The lowest BCUT2D eigenvalue weighted by atomic mass is 10.2. The molecule has 1 heterocycles. The van der Waals surface area contributed by atoms with Crippen molar-refractivity contribution < 1.29 is 0 Å². The Morgan fingerprint density at radius 1 is 1.44 bits per heavy atom. The molecule has 18 heavy (non-hydrogen) atoms. The van der Waals surface area contributed by atoms with Gasteiger partial charge in [-0.25, -0.2) is 4.68 Å². The Hall–Kier alpha value is -1.58. The third kappa shape index (κ3) is 2.19. The van der Waals surface area contributed by atoms with Gasteiger partial charge in [-0.2, -0.15) is 5.26 Å². The van der Waals surface area contributed by atoms with Crippen LogP contribution in [-0.2, 0) is 0 Å². The minimum absolute atomic E-state index is 0.430. The molecule has 1 aliphatic rings. The molecule has 1 aliphatic carbocycles. The van der Waals surface area contributed by atoms with Crippen LogP contribution < -0.4 is 0 Å². The van der Waals surface area contributed by atoms with Gasteiger partial charge >= 0.3 is 0 Å². The Balaban J connectivity index is 1.88. The van der Waals surface area contributed by atoms with Crippen LogP contribution in [0.1, 0.15) is 24.4 Å². The monoisotopic (exact) mass is 277 g/mol. The second-order valence-corrected chi connectivity index (χ2v) is 5.41. The summed E-state index contributed by atoms with van der Waals surface area (Å²) in [6, 6.07) is 7.68. The van der Waals surface area contributed by atoms with E-state index in [-0.39, 0.29) is 0 Å². The van der Waals surface area contributed by atoms with Crippen LogP contribution in [0.4, 0.5) is 0 Å². The Morgan fingerprint density at radius 3 is 2.94 bits per heavy atom. The lowest BCUT2D eigenvalue weighted by molar-refractivity contribution is 0.565. The predicted octanol–water partition coefficient (Wildman–Crippen LogP) is 2.68. The molecule has 0 bridgehead atoms. The van der Waals surface area contributed by atoms with E-state index in [1.54, 1.807) is 12.1 Å². The maximum absolute atomic E-state index is 8.78. The highest BCUT2D eigenvalue weighted by Crippen LogP contribution is 2.39. The number of rotatable bonds is 3. The summed E-state index contributed by atoms with van der Waals surface area (Å²) in [5, 5.41) is 21.7. The molecule has 1 aromatic heterocycles. The van der Waals surface area contributed by atoms with Crippen LogP contribution in [0.2, 0.25) is 5.02 Å². The minimum atomic E-state index is 0.430. The molecule has 0 saturated heterocycles. The number of benzene rings is 1. The van der Waals surface area contributed by atoms with Crippen LogP contribution in [0, 0.1) is 11.3 Å². The maximum Gasteiger partial charge on any atom is 0.214 e. The molecule has 3 rings (SSSR count). The first kappa shape index (κ1) is 11.5. The van der Waals surface area contributed by atoms with Gasteiger partial charge in [0.1, 0.15) is 0 Å². The van der Waals surface area contributed by atoms with Gasteiger partial charge in [0.25, 0.3) is 0 Å². The molecule has 1 aromatic carbocycles. The molecule has 0 spiro atoms. The van der Waals surface area contributed by atoms with E-state index in [0.29, 0.717) is 16.6 Å². The van der Waals surface area contributed by atoms with Crippen molar-refractivity contribution in [2.75, 3.05) is 0 Å². The fourth-order valence-corrected chi connectivity index (χ4v) is 2.69. The number of hydrogen-bond donors (Lipinski definition) is 0. The quantitative estimate of drug-likeness (QED) is 0.863. The van der Waals surface area contributed by atoms with Gasteiger partial charge < -0.3 is 0 Å². The summed E-state index contributed by atoms with van der Waals surface area (Å²) in [5.74, 6) is 0. The molecule has 0 atom stereocenters. The lowest BCUT2D eigenvalue weighted by Gasteiger charge is -2.04. The first-order valence-electron chi connectivity index (χ1n) is 5.43. The first-order valence-corrected chi connectivity index (χ1v) is 6.63. The maximum atomic E-state index is 8.78. The molecule has 2 aromatic rings. The van der Waals surface area contributed by atoms with Crippen LogP contribution in [0.25, 0.3) is 0 Å². The number of nitrogens with zero attached hydrogens (tertiary/aromatic N) is 5. The summed E-state index contributed by atoms with van der Waals surface area (Å²) < 4.78 is 1.83. The van der Waals surface area contributed by atoms with Gasteiger partial charge in [0.2, 0.25) is 5.16 Å². The molecule has 0 radical (unpaired) electrons. The number of nitriles is 1. The van der Waals surface area contributed by atoms with Crippen LogP contribution in [-0.4, -0.2) is 20.2 Å². The van der Waals surface area contributed by atoms with Crippen molar-refractivity contribution >= 4 is 23.4 Å². The lowest BCUT2D eigenvalue weighted by Crippen LogP contribution is -1.98. The van der Waals surface area contributed by atoms with Gasteiger partial charge in [-0.05, 0) is 53.2 Å². The molecular formula is C11H8ClN5S. The van der Waals surface area contributed by atoms with E-state index in [4.69, 9.17) is 16.9 Å². The zero-order valence-corrected chi connectivity index (χ0v) is 10.8. The molecule has 0 unspecified atom stereocenters. The van der Waals surface area contributed by atoms with Crippen LogP contribution in [0.3, 0.4) is 0 Å². The SMILES string of the molecule is N#Cc1ccc(Sc2nnnn2C2CC2)c(Cl)c1. The van der Waals surface area contributed by atoms with E-state index in [0.717, 1.165) is 22.9 Å². The van der Waals surface area contributed by atoms with E-state index >= 15 is 0 Å². The van der Waals surface area contributed by atoms with Gasteiger partial charge in [0.05, 0.1) is 22.7 Å². The van der Waals surface area contributed by atoms with E-state index in [1.165, 1.54) is 11.8 Å². The highest BCUT2D eigenvalue weighted by atomic mass is 35.5. The second kappa shape index (κ2) is 4.59. The summed E-state index contributed by atoms with van der Waals surface area (Å²) in [5.41, 5.74) is 0.547. The molecule has 5 nitrogen and oxygen atoms in total. The summed E-state index contributed by atoms with van der Waals surface area (Å²) in [4.78, 5) is 0.854. The fourth-order valence-electron chi connectivity index (χ4n) is 1.55. The van der Waals surface area contributed by atoms with Crippen molar-refractivity contribution in [1.82, 2.24) is 20.2 Å². The fraction of sp³-hybridized carbons (Fsp3) is 0.273. The standard InChI is InChI=1S/C11H8ClN5S/c12-9-5-7(6-13)1-4-10(9)18-11-14-15-16-17(11)8-2-3-8/h1,4-5,8H,2-3H2. The molecule has 90 valence electrons. The summed E-state index contributed by atoms with van der Waals surface area (Å²) >= 11 is 7.54. The van der Waals surface area contributed by atoms with Crippen molar-refractivity contribution in [2.24, 2.45) is 0 Å². The van der Waals surface area contributed by atoms with Gasteiger partial charge in [-0.15, -0.1) is 5.10 Å². The van der Waals surface area contributed by atoms with Crippen molar-refractivity contribution in [2.45, 2.75) is 28.9 Å². The average molecular weight is 278 g/mol. The summed E-state index contributed by atoms with van der Waals surface area (Å²) in [6.07, 6.45) is 2.25. The molecule has 1 saturated carbocycles. The first-order chi connectivity index (χ1) is 8.78. The van der Waals surface area contributed by atoms with E-state index in [2.05, 4.69) is 21.6 Å². The molecular weight excluding hydrogens is 270 g/mol. The molecule has 0 aliphatic heterocycles. The van der Waals surface area contributed by atoms with Crippen LogP contribution >= 0.6 is 23.4 Å². The van der Waals surface area contributed by atoms with E-state index < -0.39 is 0 Å². The Morgan fingerprint density at radius 2 is 2.28 bits per heavy atom. The van der Waals surface area contributed by atoms with Crippen molar-refractivity contribution in [3.05, 3.63) is 28.8 Å². The summed E-state index contributed by atoms with van der Waals surface area (Å²) in [6.45, 7) is 0. The zero-order valence-electron chi connectivity index (χ0n) is 9.25. The topological polar surface area (TPSA) is 67.4 Å². The Labute approximate surface area is 113 Å². The van der Waals surface area contributed by atoms with Gasteiger partial charge in [-0.1, -0.05) is 11.6 Å². The minimum Gasteiger partial charge on any atom is -0.217 e. The van der Waals surface area contributed by atoms with E-state index in [1.807, 2.05) is 10.7 Å². The third-order valence-electron chi connectivity index (χ3n) is 2.62. The van der Waals surface area contributed by atoms with Crippen molar-refractivity contribution in [3.8, 4) is 6.07 Å². The van der Waals surface area contributed by atoms with Gasteiger partial charge in [0, 0.05) is 4.90 Å². The number of aromatic nitrogens is 4. The highest BCUT2D eigenvalue weighted by molar-refractivity contribution is 7.99. The second-order valence-electron chi connectivity index (χ2n) is 4.00. The Bertz CT molecular complexity index is 629. The smallest absolute Gasteiger partial charge is 0.214 e. The zero-order chi connectivity index (χ0) is 12.5. The average Bonchev–Trinajstić information content (AvgIpc) is 3.12. The molecule has 0 N–H and O–H groups in total. The predicted molar refractivity (Wildman–Crippen MR) is 66.4 cm³/mol. The van der Waals surface area contributed by atoms with Crippen LogP contribution in [0.15, 0.2) is 28.3 Å². The van der Waals surface area contributed by atoms with Crippen LogP contribution in [0.5, 0.6) is 0 Å². The van der Waals surface area contributed by atoms with Crippen molar-refractivity contribution in [3.63, 3.8) is 0 Å².